The number of rotatable bonds is 6. The Morgan fingerprint density at radius 1 is 0.324 bits per heavy atom. The van der Waals surface area contributed by atoms with Gasteiger partial charge in [0.25, 0.3) is 0 Å². The molecule has 0 bridgehead atoms. The number of aryl methyl sites for hydroxylation is 2. The molecule has 12 aromatic carbocycles. The van der Waals surface area contributed by atoms with E-state index in [0.717, 1.165) is 44.9 Å². The average Bonchev–Trinajstić information content (AvgIpc) is 3.95. The molecule has 0 N–H and O–H groups in total. The van der Waals surface area contributed by atoms with Crippen LogP contribution in [0.3, 0.4) is 0 Å². The van der Waals surface area contributed by atoms with E-state index in [1.165, 1.54) is 94.2 Å². The van der Waals surface area contributed by atoms with Crippen LogP contribution in [0.5, 0.6) is 11.5 Å². The molecule has 0 saturated carbocycles. The number of benzene rings is 12. The summed E-state index contributed by atoms with van der Waals surface area (Å²) >= 11 is 0. The van der Waals surface area contributed by atoms with Gasteiger partial charge in [0, 0.05) is 33.3 Å². The van der Waals surface area contributed by atoms with Crippen LogP contribution in [0.25, 0.3) is 54.9 Å². The minimum atomic E-state index is -0.636. The summed E-state index contributed by atoms with van der Waals surface area (Å²) < 4.78 is 7.33. The van der Waals surface area contributed by atoms with Gasteiger partial charge in [-0.3, -0.25) is 0 Å². The second-order valence-electron chi connectivity index (χ2n) is 20.4. The summed E-state index contributed by atoms with van der Waals surface area (Å²) in [6.45, 7) is 4.33. The molecular weight excluding hydrogens is 895 g/mol. The van der Waals surface area contributed by atoms with Crippen molar-refractivity contribution in [2.24, 2.45) is 0 Å². The zero-order chi connectivity index (χ0) is 49.1. The molecule has 0 amide bonds. The Labute approximate surface area is 432 Å². The Bertz CT molecular complexity index is 4110. The summed E-state index contributed by atoms with van der Waals surface area (Å²) in [5, 5.41) is 4.61. The smallest absolute Gasteiger partial charge is 0.140 e. The van der Waals surface area contributed by atoms with Gasteiger partial charge in [-0.25, -0.2) is 0 Å². The van der Waals surface area contributed by atoms with E-state index in [-0.39, 0.29) is 0 Å². The molecule has 0 saturated heterocycles. The normalized spacial score (nSPS) is 13.9. The van der Waals surface area contributed by atoms with Crippen molar-refractivity contribution in [1.29, 1.82) is 0 Å². The molecule has 2 nitrogen and oxygen atoms in total. The van der Waals surface area contributed by atoms with Gasteiger partial charge in [-0.05, 0) is 122 Å². The van der Waals surface area contributed by atoms with Crippen LogP contribution in [0.4, 0.5) is 17.1 Å². The molecule has 2 heteroatoms. The minimum absolute atomic E-state index is 0.580. The highest BCUT2D eigenvalue weighted by atomic mass is 16.5. The van der Waals surface area contributed by atoms with E-state index in [4.69, 9.17) is 4.74 Å². The average molecular weight is 944 g/mol. The van der Waals surface area contributed by atoms with E-state index in [0.29, 0.717) is 0 Å². The van der Waals surface area contributed by atoms with Crippen LogP contribution in [0.1, 0.15) is 55.6 Å². The van der Waals surface area contributed by atoms with Gasteiger partial charge in [-0.2, -0.15) is 0 Å². The number of nitrogens with zero attached hydrogens (tertiary/aromatic N) is 1. The highest BCUT2D eigenvalue weighted by Gasteiger charge is 2.53. The molecule has 0 unspecified atom stereocenters. The maximum absolute atomic E-state index is 7.33. The van der Waals surface area contributed by atoms with E-state index >= 15 is 0 Å². The predicted octanol–water partition coefficient (Wildman–Crippen LogP) is 18.6. The Hall–Kier alpha value is -9.24. The molecular formula is C72H49NO. The van der Waals surface area contributed by atoms with Crippen molar-refractivity contribution in [3.8, 4) is 44.9 Å². The number of hydrogen-bond donors (Lipinski definition) is 0. The quantitative estimate of drug-likeness (QED) is 0.165. The first-order valence-corrected chi connectivity index (χ1v) is 25.8. The van der Waals surface area contributed by atoms with E-state index in [9.17, 15) is 0 Å². The Kier molecular flexibility index (Phi) is 9.25. The van der Waals surface area contributed by atoms with Gasteiger partial charge >= 0.3 is 0 Å². The van der Waals surface area contributed by atoms with Crippen LogP contribution in [-0.4, -0.2) is 0 Å². The zero-order valence-corrected chi connectivity index (χ0v) is 41.2. The van der Waals surface area contributed by atoms with Crippen LogP contribution >= 0.6 is 0 Å². The fraction of sp³-hybridized carbons (Fsp3) is 0.0556. The fourth-order valence-corrected chi connectivity index (χ4v) is 13.5. The van der Waals surface area contributed by atoms with Crippen LogP contribution in [0, 0.1) is 13.8 Å². The number of ether oxygens (including phenoxy) is 1. The summed E-state index contributed by atoms with van der Waals surface area (Å²) in [5.41, 5.74) is 21.9. The maximum atomic E-state index is 7.33. The first kappa shape index (κ1) is 42.4. The third-order valence-corrected chi connectivity index (χ3v) is 16.5. The molecule has 0 aromatic heterocycles. The largest absolute Gasteiger partial charge is 0.455 e. The van der Waals surface area contributed by atoms with Crippen molar-refractivity contribution in [2.45, 2.75) is 24.7 Å². The summed E-state index contributed by atoms with van der Waals surface area (Å²) in [6, 6.07) is 97.2. The lowest BCUT2D eigenvalue weighted by Gasteiger charge is -2.40. The minimum Gasteiger partial charge on any atom is -0.455 e. The molecule has 0 atom stereocenters. The Morgan fingerprint density at radius 2 is 0.797 bits per heavy atom. The molecule has 1 heterocycles. The maximum Gasteiger partial charge on any atom is 0.140 e. The molecule has 348 valence electrons. The van der Waals surface area contributed by atoms with Crippen molar-refractivity contribution in [3.63, 3.8) is 0 Å². The molecule has 1 aliphatic heterocycles. The van der Waals surface area contributed by atoms with Gasteiger partial charge in [0.15, 0.2) is 0 Å². The number of anilines is 3. The van der Waals surface area contributed by atoms with Crippen molar-refractivity contribution in [2.75, 3.05) is 4.90 Å². The highest BCUT2D eigenvalue weighted by molar-refractivity contribution is 6.03. The van der Waals surface area contributed by atoms with Crippen molar-refractivity contribution < 1.29 is 4.74 Å². The lowest BCUT2D eigenvalue weighted by molar-refractivity contribution is 0.447. The van der Waals surface area contributed by atoms with Crippen molar-refractivity contribution >= 4 is 38.6 Å². The lowest BCUT2D eigenvalue weighted by Crippen LogP contribution is -2.32. The first-order chi connectivity index (χ1) is 36.5. The topological polar surface area (TPSA) is 12.5 Å². The molecule has 74 heavy (non-hydrogen) atoms. The predicted molar refractivity (Wildman–Crippen MR) is 306 cm³/mol. The van der Waals surface area contributed by atoms with Gasteiger partial charge in [0.1, 0.15) is 11.5 Å². The molecule has 12 aromatic rings. The van der Waals surface area contributed by atoms with Gasteiger partial charge in [-0.1, -0.05) is 242 Å². The monoisotopic (exact) mass is 943 g/mol. The summed E-state index contributed by atoms with van der Waals surface area (Å²) in [4.78, 5) is 2.46. The first-order valence-electron chi connectivity index (χ1n) is 25.8. The molecule has 1 spiro atoms. The molecule has 0 radical (unpaired) electrons. The van der Waals surface area contributed by atoms with Crippen molar-refractivity contribution in [3.05, 3.63) is 316 Å². The number of fused-ring (bicyclic) bond motifs is 16. The standard InChI is InChI=1S/C72H49NO/c1-46-32-40-55-49(44-46)36-42-65-69(55)74-70-56-41-33-47(2)45-50(56)37-43-66(70)72(65)62-28-14-11-24-59(62)68-54(25-17-30-64(68)72)48-34-38-53(39-35-48)73(52-20-7-4-8-21-52)67-31-16-15-29-63(67)71(51-18-5-3-6-19-51)60-26-12-9-22-57(60)58-23-10-13-27-61(58)71/h3-45H,1-2H3. The SMILES string of the molecule is Cc1ccc2c3c(ccc2c1)C1(c2ccccc2-c2c(-c4ccc(N(c5ccccc5)c5ccccc5C5(c6ccccc6)c6ccccc6-c6ccccc65)cc4)cccc21)c1ccc2cc(C)ccc2c1O3. The third-order valence-electron chi connectivity index (χ3n) is 16.5. The van der Waals surface area contributed by atoms with Crippen LogP contribution in [0.15, 0.2) is 261 Å². The van der Waals surface area contributed by atoms with E-state index in [2.05, 4.69) is 280 Å². The van der Waals surface area contributed by atoms with E-state index in [1.54, 1.807) is 0 Å². The van der Waals surface area contributed by atoms with Gasteiger partial charge < -0.3 is 9.64 Å². The van der Waals surface area contributed by atoms with Crippen LogP contribution in [0.2, 0.25) is 0 Å². The molecule has 0 fully saturated rings. The molecule has 15 rings (SSSR count). The van der Waals surface area contributed by atoms with Gasteiger partial charge in [0.05, 0.1) is 16.5 Å². The van der Waals surface area contributed by atoms with E-state index < -0.39 is 10.8 Å². The second-order valence-corrected chi connectivity index (χ2v) is 20.4. The number of hydrogen-bond acceptors (Lipinski definition) is 2. The third kappa shape index (κ3) is 5.82. The van der Waals surface area contributed by atoms with Gasteiger partial charge in [-0.15, -0.1) is 0 Å². The fourth-order valence-electron chi connectivity index (χ4n) is 13.5. The van der Waals surface area contributed by atoms with Crippen LogP contribution < -0.4 is 9.64 Å². The second kappa shape index (κ2) is 16.1. The van der Waals surface area contributed by atoms with Gasteiger partial charge in [0.2, 0.25) is 0 Å². The number of para-hydroxylation sites is 2. The summed E-state index contributed by atoms with van der Waals surface area (Å²) in [7, 11) is 0. The summed E-state index contributed by atoms with van der Waals surface area (Å²) in [6.07, 6.45) is 0. The van der Waals surface area contributed by atoms with Crippen LogP contribution in [-0.2, 0) is 10.8 Å². The highest BCUT2D eigenvalue weighted by Crippen LogP contribution is 2.65. The molecule has 2 aliphatic carbocycles. The molecule has 3 aliphatic rings. The lowest BCUT2D eigenvalue weighted by atomic mass is 9.65. The summed E-state index contributed by atoms with van der Waals surface area (Å²) in [5.74, 6) is 1.86. The van der Waals surface area contributed by atoms with E-state index in [1.807, 2.05) is 0 Å². The Balaban J connectivity index is 0.936. The van der Waals surface area contributed by atoms with Crippen molar-refractivity contribution in [1.82, 2.24) is 0 Å². The zero-order valence-electron chi connectivity index (χ0n) is 41.2. The Morgan fingerprint density at radius 3 is 1.41 bits per heavy atom.